The van der Waals surface area contributed by atoms with Crippen LogP contribution in [0.3, 0.4) is 0 Å². The van der Waals surface area contributed by atoms with Crippen molar-refractivity contribution in [1.82, 2.24) is 15.0 Å². The second-order valence-corrected chi connectivity index (χ2v) is 7.38. The number of amides is 1. The molecule has 140 valence electrons. The number of para-hydroxylation sites is 2. The molecule has 3 heterocycles. The molecule has 5 rings (SSSR count). The van der Waals surface area contributed by atoms with E-state index in [4.69, 9.17) is 0 Å². The van der Waals surface area contributed by atoms with Crippen molar-refractivity contribution in [1.29, 1.82) is 0 Å². The molecule has 0 saturated heterocycles. The smallest absolute Gasteiger partial charge is 0.260 e. The lowest BCUT2D eigenvalue weighted by Crippen LogP contribution is -2.19. The molecule has 0 atom stereocenters. The number of rotatable bonds is 3. The van der Waals surface area contributed by atoms with E-state index < -0.39 is 0 Å². The minimum Gasteiger partial charge on any atom is -0.292 e. The highest BCUT2D eigenvalue weighted by atomic mass is 32.1. The summed E-state index contributed by atoms with van der Waals surface area (Å²) in [5.41, 5.74) is 2.14. The van der Waals surface area contributed by atoms with Crippen molar-refractivity contribution >= 4 is 45.0 Å². The van der Waals surface area contributed by atoms with E-state index in [1.807, 2.05) is 41.8 Å². The minimum atomic E-state index is -0.361. The lowest BCUT2D eigenvalue weighted by Gasteiger charge is -2.10. The molecule has 0 unspecified atom stereocenters. The van der Waals surface area contributed by atoms with Crippen LogP contribution in [0.5, 0.6) is 0 Å². The first kappa shape index (κ1) is 17.3. The van der Waals surface area contributed by atoms with Gasteiger partial charge in [-0.25, -0.2) is 9.97 Å². The van der Waals surface area contributed by atoms with Gasteiger partial charge in [0.2, 0.25) is 5.95 Å². The fourth-order valence-electron chi connectivity index (χ4n) is 3.23. The average Bonchev–Trinajstić information content (AvgIpc) is 3.28. The maximum absolute atomic E-state index is 13.1. The molecular formula is C22H14N4O2S. The molecule has 2 N–H and O–H groups in total. The molecule has 6 nitrogen and oxygen atoms in total. The second kappa shape index (κ2) is 6.96. The van der Waals surface area contributed by atoms with Crippen molar-refractivity contribution in [3.8, 4) is 10.6 Å². The second-order valence-electron chi connectivity index (χ2n) is 6.44. The molecule has 3 aromatic heterocycles. The molecular weight excluding hydrogens is 384 g/mol. The van der Waals surface area contributed by atoms with Gasteiger partial charge in [-0.15, -0.1) is 11.3 Å². The predicted molar refractivity (Wildman–Crippen MR) is 115 cm³/mol. The maximum atomic E-state index is 13.1. The Balaban J connectivity index is 1.60. The summed E-state index contributed by atoms with van der Waals surface area (Å²) in [5, 5.41) is 5.90. The fourth-order valence-corrected chi connectivity index (χ4v) is 3.92. The summed E-state index contributed by atoms with van der Waals surface area (Å²) in [6.07, 6.45) is 0. The lowest BCUT2D eigenvalue weighted by molar-refractivity contribution is 0.102. The Morgan fingerprint density at radius 3 is 2.38 bits per heavy atom. The number of nitrogens with one attached hydrogen (secondary N) is 2. The van der Waals surface area contributed by atoms with Crippen molar-refractivity contribution in [2.45, 2.75) is 0 Å². The van der Waals surface area contributed by atoms with Crippen LogP contribution < -0.4 is 10.9 Å². The number of fused-ring (bicyclic) bond motifs is 2. The van der Waals surface area contributed by atoms with E-state index in [1.165, 1.54) is 0 Å². The molecule has 5 aromatic rings. The number of aromatic amines is 1. The molecule has 29 heavy (non-hydrogen) atoms. The van der Waals surface area contributed by atoms with Crippen LogP contribution in [0.15, 0.2) is 76.9 Å². The highest BCUT2D eigenvalue weighted by molar-refractivity contribution is 7.13. The number of anilines is 1. The van der Waals surface area contributed by atoms with E-state index in [1.54, 1.807) is 41.7 Å². The van der Waals surface area contributed by atoms with Crippen molar-refractivity contribution in [2.24, 2.45) is 0 Å². The molecule has 0 aliphatic rings. The van der Waals surface area contributed by atoms with Crippen molar-refractivity contribution in [3.63, 3.8) is 0 Å². The normalized spacial score (nSPS) is 11.0. The molecule has 2 aromatic carbocycles. The molecule has 7 heteroatoms. The summed E-state index contributed by atoms with van der Waals surface area (Å²) >= 11 is 1.56. The Bertz CT molecular complexity index is 1420. The van der Waals surface area contributed by atoms with Crippen LogP contribution in [0.2, 0.25) is 0 Å². The molecule has 0 spiro atoms. The highest BCUT2D eigenvalue weighted by Gasteiger charge is 2.16. The average molecular weight is 398 g/mol. The molecule has 0 aliphatic heterocycles. The fraction of sp³-hybridized carbons (Fsp3) is 0. The number of aromatic nitrogens is 3. The van der Waals surface area contributed by atoms with Gasteiger partial charge in [-0.3, -0.25) is 19.9 Å². The summed E-state index contributed by atoms with van der Waals surface area (Å²) in [5.74, 6) is -0.253. The molecule has 0 aliphatic carbocycles. The van der Waals surface area contributed by atoms with Crippen molar-refractivity contribution in [3.05, 3.63) is 88.0 Å². The highest BCUT2D eigenvalue weighted by Crippen LogP contribution is 2.28. The van der Waals surface area contributed by atoms with Crippen molar-refractivity contribution < 1.29 is 4.79 Å². The van der Waals surface area contributed by atoms with Gasteiger partial charge in [-0.05, 0) is 35.7 Å². The lowest BCUT2D eigenvalue weighted by atomic mass is 10.1. The largest absolute Gasteiger partial charge is 0.292 e. The van der Waals surface area contributed by atoms with Gasteiger partial charge in [-0.1, -0.05) is 36.4 Å². The quantitative estimate of drug-likeness (QED) is 0.470. The van der Waals surface area contributed by atoms with Gasteiger partial charge in [0, 0.05) is 5.39 Å². The summed E-state index contributed by atoms with van der Waals surface area (Å²) < 4.78 is 0. The third-order valence-electron chi connectivity index (χ3n) is 4.58. The summed E-state index contributed by atoms with van der Waals surface area (Å²) in [7, 11) is 0. The van der Waals surface area contributed by atoms with E-state index >= 15 is 0 Å². The van der Waals surface area contributed by atoms with Crippen LogP contribution in [-0.4, -0.2) is 20.9 Å². The van der Waals surface area contributed by atoms with Crippen LogP contribution in [-0.2, 0) is 0 Å². The minimum absolute atomic E-state index is 0.109. The van der Waals surface area contributed by atoms with Gasteiger partial charge in [0.05, 0.1) is 32.6 Å². The zero-order chi connectivity index (χ0) is 19.8. The standard InChI is InChI=1S/C22H14N4O2S/c27-20-14-7-2-4-9-17(14)24-22(25-20)26-21(28)15-12-18(19-10-5-11-29-19)23-16-8-3-1-6-13(15)16/h1-12H,(H2,24,25,26,27,28). The van der Waals surface area contributed by atoms with Crippen LogP contribution in [0.1, 0.15) is 10.4 Å². The van der Waals surface area contributed by atoms with Crippen LogP contribution in [0, 0.1) is 0 Å². The zero-order valence-electron chi connectivity index (χ0n) is 15.0. The third-order valence-corrected chi connectivity index (χ3v) is 5.47. The SMILES string of the molecule is O=C(Nc1nc2ccccc2c(=O)[nH]1)c1cc(-c2cccs2)nc2ccccc12. The third kappa shape index (κ3) is 3.17. The van der Waals surface area contributed by atoms with Gasteiger partial charge < -0.3 is 0 Å². The maximum Gasteiger partial charge on any atom is 0.260 e. The van der Waals surface area contributed by atoms with Gasteiger partial charge in [0.1, 0.15) is 0 Å². The van der Waals surface area contributed by atoms with E-state index in [2.05, 4.69) is 20.3 Å². The van der Waals surface area contributed by atoms with Crippen LogP contribution in [0.25, 0.3) is 32.4 Å². The Morgan fingerprint density at radius 1 is 0.897 bits per heavy atom. The monoisotopic (exact) mass is 398 g/mol. The number of H-pyrrole nitrogens is 1. The number of benzene rings is 2. The van der Waals surface area contributed by atoms with Crippen LogP contribution >= 0.6 is 11.3 Å². The molecule has 0 saturated carbocycles. The van der Waals surface area contributed by atoms with E-state index in [9.17, 15) is 9.59 Å². The Morgan fingerprint density at radius 2 is 1.62 bits per heavy atom. The first-order valence-corrected chi connectivity index (χ1v) is 9.81. The molecule has 0 fully saturated rings. The van der Waals surface area contributed by atoms with Gasteiger partial charge in [0.25, 0.3) is 11.5 Å². The van der Waals surface area contributed by atoms with E-state index in [0.717, 1.165) is 21.5 Å². The Kier molecular flexibility index (Phi) is 4.14. The topological polar surface area (TPSA) is 87.7 Å². The number of hydrogen-bond donors (Lipinski definition) is 2. The number of thiophene rings is 1. The first-order valence-electron chi connectivity index (χ1n) is 8.93. The van der Waals surface area contributed by atoms with Gasteiger partial charge in [-0.2, -0.15) is 0 Å². The Labute approximate surface area is 168 Å². The number of carbonyl (C=O) groups excluding carboxylic acids is 1. The molecule has 1 amide bonds. The van der Waals surface area contributed by atoms with Crippen molar-refractivity contribution in [2.75, 3.05) is 5.32 Å². The number of nitrogens with zero attached hydrogens (tertiary/aromatic N) is 2. The number of carbonyl (C=O) groups is 1. The zero-order valence-corrected chi connectivity index (χ0v) is 15.9. The summed E-state index contributed by atoms with van der Waals surface area (Å²) in [6.45, 7) is 0. The van der Waals surface area contributed by atoms with Gasteiger partial charge >= 0.3 is 0 Å². The summed E-state index contributed by atoms with van der Waals surface area (Å²) in [6, 6.07) is 20.1. The van der Waals surface area contributed by atoms with E-state index in [0.29, 0.717) is 16.5 Å². The summed E-state index contributed by atoms with van der Waals surface area (Å²) in [4.78, 5) is 38.0. The van der Waals surface area contributed by atoms with Gasteiger partial charge in [0.15, 0.2) is 0 Å². The molecule has 0 radical (unpaired) electrons. The molecule has 0 bridgehead atoms. The first-order chi connectivity index (χ1) is 14.2. The predicted octanol–water partition coefficient (Wildman–Crippen LogP) is 4.45. The number of hydrogen-bond acceptors (Lipinski definition) is 5. The van der Waals surface area contributed by atoms with Crippen LogP contribution in [0.4, 0.5) is 5.95 Å². The number of pyridine rings is 1. The Hall–Kier alpha value is -3.84. The van der Waals surface area contributed by atoms with E-state index in [-0.39, 0.29) is 17.4 Å².